The molecule has 0 spiro atoms. The third-order valence-electron chi connectivity index (χ3n) is 2.32. The molecule has 0 aromatic rings. The molecule has 0 radical (unpaired) electrons. The zero-order valence-electron chi connectivity index (χ0n) is 7.69. The lowest BCUT2D eigenvalue weighted by atomic mass is 10.1. The number of halogens is 3. The summed E-state index contributed by atoms with van der Waals surface area (Å²) < 4.78 is 35.8. The van der Waals surface area contributed by atoms with E-state index in [2.05, 4.69) is 0 Å². The van der Waals surface area contributed by atoms with Crippen molar-refractivity contribution in [1.29, 1.82) is 0 Å². The summed E-state index contributed by atoms with van der Waals surface area (Å²) in [6, 6.07) is -0.423. The Morgan fingerprint density at radius 2 is 2.15 bits per heavy atom. The Kier molecular flexibility index (Phi) is 3.55. The molecule has 78 valence electrons. The van der Waals surface area contributed by atoms with Crippen LogP contribution in [0.4, 0.5) is 13.2 Å². The number of hydrogen-bond donors (Lipinski definition) is 1. The standard InChI is InChI=1S/C8H15F3N2/c1-2-13-5-3-4-7(6-13)12-8(9,10)11/h7,12H,2-6H2,1H3. The van der Waals surface area contributed by atoms with Gasteiger partial charge in [-0.15, -0.1) is 0 Å². The van der Waals surface area contributed by atoms with E-state index in [1.807, 2.05) is 11.8 Å². The molecule has 1 unspecified atom stereocenters. The first kappa shape index (κ1) is 10.8. The van der Waals surface area contributed by atoms with Crippen molar-refractivity contribution in [2.75, 3.05) is 19.6 Å². The average Bonchev–Trinajstić information content (AvgIpc) is 2.01. The van der Waals surface area contributed by atoms with Crippen LogP contribution in [0.25, 0.3) is 0 Å². The number of alkyl halides is 3. The van der Waals surface area contributed by atoms with Gasteiger partial charge >= 0.3 is 6.30 Å². The van der Waals surface area contributed by atoms with E-state index in [0.29, 0.717) is 13.0 Å². The van der Waals surface area contributed by atoms with Gasteiger partial charge < -0.3 is 4.90 Å². The highest BCUT2D eigenvalue weighted by atomic mass is 19.4. The van der Waals surface area contributed by atoms with E-state index in [-0.39, 0.29) is 0 Å². The third-order valence-corrected chi connectivity index (χ3v) is 2.32. The highest BCUT2D eigenvalue weighted by molar-refractivity contribution is 4.78. The lowest BCUT2D eigenvalue weighted by molar-refractivity contribution is -0.167. The molecule has 0 saturated carbocycles. The molecule has 0 amide bonds. The van der Waals surface area contributed by atoms with E-state index >= 15 is 0 Å². The molecule has 1 saturated heterocycles. The molecule has 1 aliphatic heterocycles. The van der Waals surface area contributed by atoms with Crippen molar-refractivity contribution in [3.63, 3.8) is 0 Å². The van der Waals surface area contributed by atoms with Crippen molar-refractivity contribution < 1.29 is 13.2 Å². The predicted octanol–water partition coefficient (Wildman–Crippen LogP) is 1.58. The van der Waals surface area contributed by atoms with Crippen molar-refractivity contribution in [2.45, 2.75) is 32.1 Å². The van der Waals surface area contributed by atoms with Gasteiger partial charge in [0.2, 0.25) is 0 Å². The van der Waals surface area contributed by atoms with Gasteiger partial charge in [0, 0.05) is 12.6 Å². The van der Waals surface area contributed by atoms with Gasteiger partial charge in [-0.3, -0.25) is 0 Å². The maximum absolute atomic E-state index is 11.9. The highest BCUT2D eigenvalue weighted by Crippen LogP contribution is 2.16. The molecule has 1 N–H and O–H groups in total. The number of rotatable bonds is 2. The van der Waals surface area contributed by atoms with Gasteiger partial charge in [0.1, 0.15) is 0 Å². The molecule has 1 rings (SSSR count). The maximum Gasteiger partial charge on any atom is 0.457 e. The molecule has 1 atom stereocenters. The number of hydrogen-bond acceptors (Lipinski definition) is 2. The monoisotopic (exact) mass is 196 g/mol. The highest BCUT2D eigenvalue weighted by Gasteiger charge is 2.32. The van der Waals surface area contributed by atoms with Crippen LogP contribution >= 0.6 is 0 Å². The molecule has 0 bridgehead atoms. The molecule has 5 heteroatoms. The van der Waals surface area contributed by atoms with Crippen LogP contribution in [-0.2, 0) is 0 Å². The van der Waals surface area contributed by atoms with Crippen LogP contribution in [0.3, 0.4) is 0 Å². The molecule has 13 heavy (non-hydrogen) atoms. The molecule has 0 aliphatic carbocycles. The summed E-state index contributed by atoms with van der Waals surface area (Å²) in [6.45, 7) is 4.23. The Hall–Kier alpha value is -0.290. The first-order chi connectivity index (χ1) is 6.01. The molecule has 2 nitrogen and oxygen atoms in total. The Bertz CT molecular complexity index is 158. The zero-order chi connectivity index (χ0) is 9.90. The van der Waals surface area contributed by atoms with Crippen LogP contribution in [0.1, 0.15) is 19.8 Å². The van der Waals surface area contributed by atoms with Gasteiger partial charge in [0.05, 0.1) is 0 Å². The van der Waals surface area contributed by atoms with E-state index in [4.69, 9.17) is 0 Å². The lowest BCUT2D eigenvalue weighted by Crippen LogP contribution is -2.50. The molecule has 1 heterocycles. The first-order valence-electron chi connectivity index (χ1n) is 4.58. The Morgan fingerprint density at radius 3 is 2.69 bits per heavy atom. The van der Waals surface area contributed by atoms with Gasteiger partial charge in [-0.2, -0.15) is 13.2 Å². The van der Waals surface area contributed by atoms with E-state index in [0.717, 1.165) is 19.5 Å². The number of likely N-dealkylation sites (N-methyl/N-ethyl adjacent to an activating group) is 1. The predicted molar refractivity (Wildman–Crippen MR) is 44.3 cm³/mol. The van der Waals surface area contributed by atoms with Crippen LogP contribution in [0.15, 0.2) is 0 Å². The maximum atomic E-state index is 11.9. The number of piperidine rings is 1. The minimum absolute atomic E-state index is 0.423. The van der Waals surface area contributed by atoms with Gasteiger partial charge in [-0.05, 0) is 25.9 Å². The van der Waals surface area contributed by atoms with E-state index in [1.165, 1.54) is 0 Å². The van der Waals surface area contributed by atoms with Crippen molar-refractivity contribution in [3.05, 3.63) is 0 Å². The van der Waals surface area contributed by atoms with Crippen molar-refractivity contribution in [2.24, 2.45) is 0 Å². The molecule has 0 aromatic carbocycles. The Balaban J connectivity index is 2.34. The summed E-state index contributed by atoms with van der Waals surface area (Å²) in [5.74, 6) is 0. The minimum atomic E-state index is -4.23. The van der Waals surface area contributed by atoms with E-state index in [1.54, 1.807) is 5.32 Å². The zero-order valence-corrected chi connectivity index (χ0v) is 7.69. The summed E-state index contributed by atoms with van der Waals surface area (Å²) in [5, 5.41) is 1.68. The summed E-state index contributed by atoms with van der Waals surface area (Å²) in [5.41, 5.74) is 0. The van der Waals surface area contributed by atoms with Crippen molar-refractivity contribution in [1.82, 2.24) is 10.2 Å². The quantitative estimate of drug-likeness (QED) is 0.674. The van der Waals surface area contributed by atoms with Crippen LogP contribution in [-0.4, -0.2) is 36.9 Å². The van der Waals surface area contributed by atoms with Gasteiger partial charge in [0.15, 0.2) is 0 Å². The summed E-state index contributed by atoms with van der Waals surface area (Å²) >= 11 is 0. The third kappa shape index (κ3) is 3.95. The average molecular weight is 196 g/mol. The molecular formula is C8H15F3N2. The second-order valence-corrected chi connectivity index (χ2v) is 3.37. The van der Waals surface area contributed by atoms with Crippen LogP contribution in [0.5, 0.6) is 0 Å². The fourth-order valence-electron chi connectivity index (χ4n) is 1.69. The van der Waals surface area contributed by atoms with Crippen molar-refractivity contribution in [3.8, 4) is 0 Å². The van der Waals surface area contributed by atoms with Crippen LogP contribution < -0.4 is 5.32 Å². The second kappa shape index (κ2) is 4.28. The van der Waals surface area contributed by atoms with Crippen molar-refractivity contribution >= 4 is 0 Å². The lowest BCUT2D eigenvalue weighted by Gasteiger charge is -2.32. The summed E-state index contributed by atoms with van der Waals surface area (Å²) in [7, 11) is 0. The Morgan fingerprint density at radius 1 is 1.46 bits per heavy atom. The molecular weight excluding hydrogens is 181 g/mol. The van der Waals surface area contributed by atoms with Crippen LogP contribution in [0.2, 0.25) is 0 Å². The molecule has 1 fully saturated rings. The van der Waals surface area contributed by atoms with E-state index in [9.17, 15) is 13.2 Å². The summed E-state index contributed by atoms with van der Waals surface area (Å²) in [4.78, 5) is 2.03. The Labute approximate surface area is 76.1 Å². The number of likely N-dealkylation sites (tertiary alicyclic amines) is 1. The van der Waals surface area contributed by atoms with Crippen LogP contribution in [0, 0.1) is 0 Å². The number of nitrogens with zero attached hydrogens (tertiary/aromatic N) is 1. The van der Waals surface area contributed by atoms with E-state index < -0.39 is 12.3 Å². The normalized spacial score (nSPS) is 26.3. The smallest absolute Gasteiger partial charge is 0.302 e. The molecule has 1 aliphatic rings. The second-order valence-electron chi connectivity index (χ2n) is 3.37. The fraction of sp³-hybridized carbons (Fsp3) is 1.00. The number of nitrogens with one attached hydrogen (secondary N) is 1. The summed E-state index contributed by atoms with van der Waals surface area (Å²) in [6.07, 6.45) is -2.76. The first-order valence-corrected chi connectivity index (χ1v) is 4.58. The van der Waals surface area contributed by atoms with Gasteiger partial charge in [-0.25, -0.2) is 5.32 Å². The SMILES string of the molecule is CCN1CCCC(NC(F)(F)F)C1. The molecule has 0 aromatic heterocycles. The minimum Gasteiger partial charge on any atom is -0.302 e. The van der Waals surface area contributed by atoms with Gasteiger partial charge in [-0.1, -0.05) is 6.92 Å². The van der Waals surface area contributed by atoms with Gasteiger partial charge in [0.25, 0.3) is 0 Å². The fourth-order valence-corrected chi connectivity index (χ4v) is 1.69. The topological polar surface area (TPSA) is 15.3 Å². The largest absolute Gasteiger partial charge is 0.457 e.